The Labute approximate surface area is 146 Å². The second kappa shape index (κ2) is 6.39. The van der Waals surface area contributed by atoms with Crippen LogP contribution in [0.2, 0.25) is 0 Å². The van der Waals surface area contributed by atoms with Gasteiger partial charge in [0.25, 0.3) is 0 Å². The predicted molar refractivity (Wildman–Crippen MR) is 92.9 cm³/mol. The van der Waals surface area contributed by atoms with E-state index in [1.54, 1.807) is 23.1 Å². The van der Waals surface area contributed by atoms with Crippen molar-refractivity contribution in [1.29, 1.82) is 0 Å². The molecule has 25 heavy (non-hydrogen) atoms. The van der Waals surface area contributed by atoms with Crippen LogP contribution >= 0.6 is 0 Å². The molecular formula is C18H21BF2N2O2. The Kier molecular flexibility index (Phi) is 4.55. The third-order valence-electron chi connectivity index (χ3n) is 4.67. The second-order valence-corrected chi connectivity index (χ2v) is 7.22. The summed E-state index contributed by atoms with van der Waals surface area (Å²) < 4.78 is 40.7. The lowest BCUT2D eigenvalue weighted by Gasteiger charge is -2.32. The third kappa shape index (κ3) is 3.83. The van der Waals surface area contributed by atoms with Crippen molar-refractivity contribution in [2.45, 2.75) is 45.4 Å². The van der Waals surface area contributed by atoms with E-state index in [4.69, 9.17) is 9.31 Å². The first-order valence-corrected chi connectivity index (χ1v) is 8.16. The maximum absolute atomic E-state index is 14.5. The highest BCUT2D eigenvalue weighted by Crippen LogP contribution is 2.39. The molecule has 1 fully saturated rings. The first-order chi connectivity index (χ1) is 11.7. The third-order valence-corrected chi connectivity index (χ3v) is 4.67. The van der Waals surface area contributed by atoms with E-state index in [-0.39, 0.29) is 5.82 Å². The first-order valence-electron chi connectivity index (χ1n) is 8.16. The molecule has 0 N–H and O–H groups in total. The van der Waals surface area contributed by atoms with Gasteiger partial charge in [-0.25, -0.2) is 8.78 Å². The van der Waals surface area contributed by atoms with Crippen molar-refractivity contribution in [2.24, 2.45) is 0 Å². The molecule has 0 amide bonds. The SMILES string of the molecule is CC1(C)OB(C(F)=Cc2cnn(Cc3cccc(F)c3)c2)OC1(C)C. The molecule has 0 saturated carbocycles. The Bertz CT molecular complexity index is 786. The summed E-state index contributed by atoms with van der Waals surface area (Å²) in [7, 11) is -1.03. The summed E-state index contributed by atoms with van der Waals surface area (Å²) in [5.41, 5.74) is -0.327. The van der Waals surface area contributed by atoms with Gasteiger partial charge in [0.1, 0.15) is 11.5 Å². The van der Waals surface area contributed by atoms with Crippen LogP contribution in [0.1, 0.15) is 38.8 Å². The molecule has 2 aromatic rings. The van der Waals surface area contributed by atoms with Gasteiger partial charge in [0.2, 0.25) is 0 Å². The fourth-order valence-corrected chi connectivity index (χ4v) is 2.55. The summed E-state index contributed by atoms with van der Waals surface area (Å²) >= 11 is 0. The first kappa shape index (κ1) is 17.8. The van der Waals surface area contributed by atoms with E-state index < -0.39 is 24.0 Å². The van der Waals surface area contributed by atoms with Gasteiger partial charge in [-0.05, 0) is 51.5 Å². The highest BCUT2D eigenvalue weighted by molar-refractivity contribution is 6.54. The van der Waals surface area contributed by atoms with E-state index >= 15 is 0 Å². The van der Waals surface area contributed by atoms with Crippen LogP contribution < -0.4 is 0 Å². The predicted octanol–water partition coefficient (Wildman–Crippen LogP) is 4.01. The Morgan fingerprint density at radius 2 is 1.92 bits per heavy atom. The Hall–Kier alpha value is -1.99. The molecule has 1 aliphatic rings. The largest absolute Gasteiger partial charge is 0.525 e. The van der Waals surface area contributed by atoms with Gasteiger partial charge in [0, 0.05) is 11.8 Å². The number of halogens is 2. The molecule has 0 unspecified atom stereocenters. The van der Waals surface area contributed by atoms with Crippen molar-refractivity contribution in [3.63, 3.8) is 0 Å². The molecule has 1 aromatic heterocycles. The van der Waals surface area contributed by atoms with E-state index in [0.717, 1.165) is 5.56 Å². The van der Waals surface area contributed by atoms with Crippen molar-refractivity contribution in [2.75, 3.05) is 0 Å². The summed E-state index contributed by atoms with van der Waals surface area (Å²) in [6.45, 7) is 7.90. The highest BCUT2D eigenvalue weighted by atomic mass is 19.1. The summed E-state index contributed by atoms with van der Waals surface area (Å²) in [5.74, 6) is -0.295. The maximum Gasteiger partial charge on any atom is 0.525 e. The van der Waals surface area contributed by atoms with Crippen LogP contribution in [-0.4, -0.2) is 28.1 Å². The maximum atomic E-state index is 14.5. The van der Waals surface area contributed by atoms with E-state index in [0.29, 0.717) is 12.1 Å². The molecule has 7 heteroatoms. The molecule has 1 saturated heterocycles. The minimum absolute atomic E-state index is 0.295. The molecule has 0 aliphatic carbocycles. The average molecular weight is 346 g/mol. The fourth-order valence-electron chi connectivity index (χ4n) is 2.55. The van der Waals surface area contributed by atoms with Crippen molar-refractivity contribution in [3.8, 4) is 0 Å². The van der Waals surface area contributed by atoms with Gasteiger partial charge in [-0.3, -0.25) is 4.68 Å². The Morgan fingerprint density at radius 1 is 1.24 bits per heavy atom. The number of benzene rings is 1. The molecule has 4 nitrogen and oxygen atoms in total. The van der Waals surface area contributed by atoms with Crippen molar-refractivity contribution in [1.82, 2.24) is 9.78 Å². The lowest BCUT2D eigenvalue weighted by molar-refractivity contribution is 0.00578. The highest BCUT2D eigenvalue weighted by Gasteiger charge is 2.53. The lowest BCUT2D eigenvalue weighted by Crippen LogP contribution is -2.41. The van der Waals surface area contributed by atoms with Gasteiger partial charge in [0.05, 0.1) is 23.9 Å². The van der Waals surface area contributed by atoms with Gasteiger partial charge < -0.3 is 9.31 Å². The minimum Gasteiger partial charge on any atom is -0.398 e. The Balaban J connectivity index is 1.71. The van der Waals surface area contributed by atoms with Crippen LogP contribution in [0.4, 0.5) is 8.78 Å². The van der Waals surface area contributed by atoms with Crippen molar-refractivity contribution in [3.05, 3.63) is 59.3 Å². The number of aromatic nitrogens is 2. The minimum atomic E-state index is -1.03. The summed E-state index contributed by atoms with van der Waals surface area (Å²) in [6.07, 6.45) is 4.58. The van der Waals surface area contributed by atoms with Crippen LogP contribution in [0.5, 0.6) is 0 Å². The zero-order valence-electron chi connectivity index (χ0n) is 14.8. The van der Waals surface area contributed by atoms with Crippen LogP contribution in [0.15, 0.2) is 42.4 Å². The van der Waals surface area contributed by atoms with E-state index in [1.807, 2.05) is 33.8 Å². The smallest absolute Gasteiger partial charge is 0.398 e. The summed E-state index contributed by atoms with van der Waals surface area (Å²) in [4.78, 5) is 0. The standard InChI is InChI=1S/C18H21BF2N2O2/c1-17(2)18(3,4)25-19(24-17)16(21)9-14-10-22-23(12-14)11-13-6-5-7-15(20)8-13/h5-10,12H,11H2,1-4H3. The van der Waals surface area contributed by atoms with Gasteiger partial charge in [-0.15, -0.1) is 0 Å². The average Bonchev–Trinajstić information content (AvgIpc) is 3.01. The van der Waals surface area contributed by atoms with Crippen molar-refractivity contribution < 1.29 is 18.1 Å². The van der Waals surface area contributed by atoms with E-state index in [2.05, 4.69) is 5.10 Å². The van der Waals surface area contributed by atoms with E-state index in [9.17, 15) is 8.78 Å². The molecule has 3 rings (SSSR count). The van der Waals surface area contributed by atoms with Gasteiger partial charge in [-0.2, -0.15) is 5.10 Å². The number of nitrogens with zero attached hydrogens (tertiary/aromatic N) is 2. The summed E-state index contributed by atoms with van der Waals surface area (Å²) in [6, 6.07) is 6.29. The number of rotatable bonds is 4. The molecular weight excluding hydrogens is 325 g/mol. The van der Waals surface area contributed by atoms with Crippen LogP contribution in [0, 0.1) is 5.82 Å². The monoisotopic (exact) mass is 346 g/mol. The van der Waals surface area contributed by atoms with Crippen molar-refractivity contribution >= 4 is 13.2 Å². The number of hydrogen-bond donors (Lipinski definition) is 0. The fraction of sp³-hybridized carbons (Fsp3) is 0.389. The molecule has 2 heterocycles. The zero-order chi connectivity index (χ0) is 18.2. The topological polar surface area (TPSA) is 36.3 Å². The number of hydrogen-bond acceptors (Lipinski definition) is 3. The Morgan fingerprint density at radius 3 is 2.56 bits per heavy atom. The van der Waals surface area contributed by atoms with Crippen LogP contribution in [0.3, 0.4) is 0 Å². The van der Waals surface area contributed by atoms with Gasteiger partial charge in [-0.1, -0.05) is 12.1 Å². The lowest BCUT2D eigenvalue weighted by atomic mass is 9.87. The second-order valence-electron chi connectivity index (χ2n) is 7.22. The molecule has 0 radical (unpaired) electrons. The van der Waals surface area contributed by atoms with Crippen LogP contribution in [-0.2, 0) is 15.9 Å². The zero-order valence-corrected chi connectivity index (χ0v) is 14.8. The molecule has 0 spiro atoms. The molecule has 132 valence electrons. The molecule has 0 bridgehead atoms. The molecule has 1 aliphatic heterocycles. The molecule has 0 atom stereocenters. The van der Waals surface area contributed by atoms with E-state index in [1.165, 1.54) is 18.2 Å². The summed E-state index contributed by atoms with van der Waals surface area (Å²) in [5, 5.41) is 4.18. The normalized spacial score (nSPS) is 19.4. The van der Waals surface area contributed by atoms with Gasteiger partial charge in [0.15, 0.2) is 0 Å². The van der Waals surface area contributed by atoms with Gasteiger partial charge >= 0.3 is 7.12 Å². The van der Waals surface area contributed by atoms with Crippen LogP contribution in [0.25, 0.3) is 6.08 Å². The quantitative estimate of drug-likeness (QED) is 0.785. The molecule has 1 aromatic carbocycles.